The van der Waals surface area contributed by atoms with Crippen molar-refractivity contribution < 1.29 is 56.8 Å². The Balaban J connectivity index is 1.61. The molecule has 0 heterocycles. The average Bonchev–Trinajstić information content (AvgIpc) is 3.03. The fraction of sp³-hybridized carbons (Fsp3) is 0.806. The number of benzene rings is 1. The minimum atomic E-state index is 0.516. The van der Waals surface area contributed by atoms with Crippen LogP contribution < -0.4 is 0 Å². The molecule has 12 nitrogen and oxygen atoms in total. The molecule has 0 fully saturated rings. The van der Waals surface area contributed by atoms with Crippen LogP contribution in [0.15, 0.2) is 30.3 Å². The maximum atomic E-state index is 5.56. The third-order valence-electron chi connectivity index (χ3n) is 5.41. The smallest absolute Gasteiger partial charge is 0.0718 e. The Labute approximate surface area is 258 Å². The van der Waals surface area contributed by atoms with E-state index in [4.69, 9.17) is 56.8 Å². The third kappa shape index (κ3) is 32.0. The minimum absolute atomic E-state index is 0.516. The first-order valence-corrected chi connectivity index (χ1v) is 15.4. The lowest BCUT2D eigenvalue weighted by atomic mass is 10.2. The van der Waals surface area contributed by atoms with Gasteiger partial charge in [-0.25, -0.2) is 0 Å². The molecular weight excluding hydrogens is 564 g/mol. The molecule has 0 saturated carbocycles. The standard InChI is InChI=1S/C31H56O12/c1-2-32-8-9-33-10-11-34-12-13-35-14-15-36-16-17-37-18-19-38-20-21-39-22-23-40-24-25-41-26-27-42-28-29-43-30-31-6-4-3-5-7-31/h3-7H,2,8-30H2,1H3. The molecule has 0 aliphatic carbocycles. The van der Waals surface area contributed by atoms with Crippen LogP contribution in [0.25, 0.3) is 0 Å². The van der Waals surface area contributed by atoms with Crippen LogP contribution >= 0.6 is 0 Å². The second-order valence-corrected chi connectivity index (χ2v) is 8.86. The van der Waals surface area contributed by atoms with Gasteiger partial charge in [-0.2, -0.15) is 0 Å². The molecule has 0 amide bonds. The Morgan fingerprint density at radius 2 is 0.535 bits per heavy atom. The molecule has 0 spiro atoms. The predicted molar refractivity (Wildman–Crippen MR) is 161 cm³/mol. The molecule has 0 radical (unpaired) electrons. The van der Waals surface area contributed by atoms with E-state index >= 15 is 0 Å². The van der Waals surface area contributed by atoms with Crippen LogP contribution in [-0.2, 0) is 63.4 Å². The fourth-order valence-electron chi connectivity index (χ4n) is 3.23. The van der Waals surface area contributed by atoms with E-state index in [1.165, 1.54) is 0 Å². The monoisotopic (exact) mass is 620 g/mol. The lowest BCUT2D eigenvalue weighted by Gasteiger charge is -2.09. The summed E-state index contributed by atoms with van der Waals surface area (Å²) < 4.78 is 65.3. The highest BCUT2D eigenvalue weighted by molar-refractivity contribution is 5.13. The van der Waals surface area contributed by atoms with Crippen molar-refractivity contribution in [1.29, 1.82) is 0 Å². The Kier molecular flexibility index (Phi) is 32.6. The quantitative estimate of drug-likeness (QED) is 0.103. The molecule has 1 aromatic rings. The van der Waals surface area contributed by atoms with Gasteiger partial charge < -0.3 is 56.8 Å². The van der Waals surface area contributed by atoms with Gasteiger partial charge in [0.25, 0.3) is 0 Å². The Morgan fingerprint density at radius 1 is 0.302 bits per heavy atom. The van der Waals surface area contributed by atoms with Crippen molar-refractivity contribution in [2.75, 3.05) is 152 Å². The van der Waals surface area contributed by atoms with E-state index in [1.807, 2.05) is 37.3 Å². The van der Waals surface area contributed by atoms with Crippen LogP contribution in [0, 0.1) is 0 Å². The van der Waals surface area contributed by atoms with E-state index in [9.17, 15) is 0 Å². The topological polar surface area (TPSA) is 111 Å². The summed E-state index contributed by atoms with van der Waals surface area (Å²) in [7, 11) is 0. The minimum Gasteiger partial charge on any atom is -0.379 e. The van der Waals surface area contributed by atoms with Crippen molar-refractivity contribution in [3.8, 4) is 0 Å². The molecule has 12 heteroatoms. The summed E-state index contributed by atoms with van der Waals surface area (Å²) in [5.41, 5.74) is 1.16. The molecule has 0 aromatic heterocycles. The lowest BCUT2D eigenvalue weighted by Crippen LogP contribution is -2.15. The summed E-state index contributed by atoms with van der Waals surface area (Å²) in [6.45, 7) is 15.1. The zero-order valence-electron chi connectivity index (χ0n) is 26.3. The molecule has 0 saturated heterocycles. The first-order valence-electron chi connectivity index (χ1n) is 15.4. The summed E-state index contributed by atoms with van der Waals surface area (Å²) in [5.74, 6) is 0. The van der Waals surface area contributed by atoms with Crippen LogP contribution in [0.5, 0.6) is 0 Å². The van der Waals surface area contributed by atoms with Crippen LogP contribution in [0.2, 0.25) is 0 Å². The second kappa shape index (κ2) is 35.2. The summed E-state index contributed by atoms with van der Waals surface area (Å²) >= 11 is 0. The molecule has 1 aromatic carbocycles. The van der Waals surface area contributed by atoms with Crippen molar-refractivity contribution in [1.82, 2.24) is 0 Å². The molecular formula is C31H56O12. The van der Waals surface area contributed by atoms with Gasteiger partial charge in [0.1, 0.15) is 0 Å². The van der Waals surface area contributed by atoms with Gasteiger partial charge >= 0.3 is 0 Å². The normalized spacial score (nSPS) is 11.5. The highest BCUT2D eigenvalue weighted by Gasteiger charge is 1.97. The number of rotatable bonds is 36. The predicted octanol–water partition coefficient (Wildman–Crippen LogP) is 2.41. The van der Waals surface area contributed by atoms with Gasteiger partial charge in [0, 0.05) is 6.61 Å². The molecule has 0 aliphatic heterocycles. The van der Waals surface area contributed by atoms with Gasteiger partial charge in [0.2, 0.25) is 0 Å². The van der Waals surface area contributed by atoms with Crippen LogP contribution in [0.1, 0.15) is 12.5 Å². The summed E-state index contributed by atoms with van der Waals surface area (Å²) in [5, 5.41) is 0. The van der Waals surface area contributed by atoms with Gasteiger partial charge in [-0.15, -0.1) is 0 Å². The fourth-order valence-corrected chi connectivity index (χ4v) is 3.23. The molecule has 0 atom stereocenters. The molecule has 0 aliphatic rings. The maximum Gasteiger partial charge on any atom is 0.0718 e. The van der Waals surface area contributed by atoms with Crippen LogP contribution in [0.4, 0.5) is 0 Å². The Hall–Kier alpha value is -1.26. The van der Waals surface area contributed by atoms with Gasteiger partial charge in [0.15, 0.2) is 0 Å². The third-order valence-corrected chi connectivity index (χ3v) is 5.41. The van der Waals surface area contributed by atoms with E-state index in [0.29, 0.717) is 159 Å². The highest BCUT2D eigenvalue weighted by atomic mass is 16.6. The van der Waals surface area contributed by atoms with E-state index in [-0.39, 0.29) is 0 Å². The number of hydrogen-bond acceptors (Lipinski definition) is 12. The van der Waals surface area contributed by atoms with Crippen molar-refractivity contribution in [3.63, 3.8) is 0 Å². The second-order valence-electron chi connectivity index (χ2n) is 8.86. The van der Waals surface area contributed by atoms with Gasteiger partial charge in [-0.05, 0) is 12.5 Å². The van der Waals surface area contributed by atoms with E-state index < -0.39 is 0 Å². The average molecular weight is 621 g/mol. The van der Waals surface area contributed by atoms with Crippen molar-refractivity contribution in [2.24, 2.45) is 0 Å². The lowest BCUT2D eigenvalue weighted by molar-refractivity contribution is -0.0284. The zero-order chi connectivity index (χ0) is 30.6. The molecule has 0 unspecified atom stereocenters. The van der Waals surface area contributed by atoms with Crippen LogP contribution in [-0.4, -0.2) is 152 Å². The SMILES string of the molecule is CCOCCOCCOCCOCCOCCOCCOCCOCCOCCOCCOCCOCc1ccccc1. The number of hydrogen-bond donors (Lipinski definition) is 0. The zero-order valence-corrected chi connectivity index (χ0v) is 26.3. The van der Waals surface area contributed by atoms with Crippen molar-refractivity contribution in [3.05, 3.63) is 35.9 Å². The Morgan fingerprint density at radius 3 is 0.791 bits per heavy atom. The summed E-state index contributed by atoms with van der Waals surface area (Å²) in [6.07, 6.45) is 0. The first-order chi connectivity index (χ1) is 21.4. The van der Waals surface area contributed by atoms with E-state index in [1.54, 1.807) is 0 Å². The molecule has 0 bridgehead atoms. The first kappa shape index (κ1) is 39.8. The Bertz CT molecular complexity index is 640. The van der Waals surface area contributed by atoms with Gasteiger partial charge in [-0.3, -0.25) is 0 Å². The van der Waals surface area contributed by atoms with E-state index in [0.717, 1.165) is 5.56 Å². The highest BCUT2D eigenvalue weighted by Crippen LogP contribution is 2.00. The number of ether oxygens (including phenoxy) is 12. The maximum absolute atomic E-state index is 5.56. The van der Waals surface area contributed by atoms with Crippen molar-refractivity contribution >= 4 is 0 Å². The molecule has 252 valence electrons. The van der Waals surface area contributed by atoms with Crippen LogP contribution in [0.3, 0.4) is 0 Å². The van der Waals surface area contributed by atoms with Gasteiger partial charge in [-0.1, -0.05) is 30.3 Å². The molecule has 0 N–H and O–H groups in total. The van der Waals surface area contributed by atoms with E-state index in [2.05, 4.69) is 0 Å². The molecule has 43 heavy (non-hydrogen) atoms. The molecule has 1 rings (SSSR count). The van der Waals surface area contributed by atoms with Crippen molar-refractivity contribution in [2.45, 2.75) is 13.5 Å². The summed E-state index contributed by atoms with van der Waals surface area (Å²) in [4.78, 5) is 0. The summed E-state index contributed by atoms with van der Waals surface area (Å²) in [6, 6.07) is 10.1. The largest absolute Gasteiger partial charge is 0.379 e. The van der Waals surface area contributed by atoms with Gasteiger partial charge in [0.05, 0.1) is 152 Å².